The number of allylic oxidation sites excluding steroid dienone is 1. The molecule has 5 nitrogen and oxygen atoms in total. The van der Waals surface area contributed by atoms with E-state index in [1.807, 2.05) is 31.2 Å². The molecule has 0 saturated heterocycles. The van der Waals surface area contributed by atoms with Crippen molar-refractivity contribution < 1.29 is 19.1 Å². The van der Waals surface area contributed by atoms with Crippen LogP contribution in [0.1, 0.15) is 24.5 Å². The first-order valence-electron chi connectivity index (χ1n) is 7.88. The summed E-state index contributed by atoms with van der Waals surface area (Å²) in [5.41, 5.74) is 3.34. The molecule has 0 aliphatic carbocycles. The van der Waals surface area contributed by atoms with Gasteiger partial charge in [0.1, 0.15) is 0 Å². The molecule has 0 N–H and O–H groups in total. The van der Waals surface area contributed by atoms with Crippen molar-refractivity contribution >= 4 is 18.0 Å². The topological polar surface area (TPSA) is 55.8 Å². The fourth-order valence-corrected chi connectivity index (χ4v) is 2.69. The van der Waals surface area contributed by atoms with Crippen molar-refractivity contribution in [3.05, 3.63) is 52.2 Å². The molecule has 1 aliphatic heterocycles. The van der Waals surface area contributed by atoms with Crippen molar-refractivity contribution in [3.8, 4) is 0 Å². The summed E-state index contributed by atoms with van der Waals surface area (Å²) in [6.07, 6.45) is 2.44. The van der Waals surface area contributed by atoms with Crippen LogP contribution in [0.25, 0.3) is 6.08 Å². The van der Waals surface area contributed by atoms with Gasteiger partial charge >= 0.3 is 5.97 Å². The average Bonchev–Trinajstić information content (AvgIpc) is 2.80. The molecule has 0 unspecified atom stereocenters. The van der Waals surface area contributed by atoms with Crippen LogP contribution in [0.5, 0.6) is 0 Å². The minimum Gasteiger partial charge on any atom is -0.465 e. The van der Waals surface area contributed by atoms with E-state index in [0.717, 1.165) is 11.1 Å². The fraction of sp³-hybridized carbons (Fsp3) is 0.368. The van der Waals surface area contributed by atoms with Gasteiger partial charge in [0.2, 0.25) is 0 Å². The molecule has 2 rings (SSSR count). The minimum absolute atomic E-state index is 0.176. The number of amides is 1. The molecule has 128 valence electrons. The van der Waals surface area contributed by atoms with Crippen LogP contribution in [0.3, 0.4) is 0 Å². The zero-order valence-corrected chi connectivity index (χ0v) is 14.6. The number of hydrogen-bond acceptors (Lipinski definition) is 4. The summed E-state index contributed by atoms with van der Waals surface area (Å²) in [4.78, 5) is 26.6. The average molecular weight is 329 g/mol. The molecule has 1 heterocycles. The Morgan fingerprint density at radius 3 is 2.42 bits per heavy atom. The van der Waals surface area contributed by atoms with Gasteiger partial charge in [0.25, 0.3) is 5.91 Å². The fourth-order valence-electron chi connectivity index (χ4n) is 2.69. The van der Waals surface area contributed by atoms with Crippen LogP contribution in [-0.4, -0.2) is 44.1 Å². The van der Waals surface area contributed by atoms with Crippen molar-refractivity contribution in [3.63, 3.8) is 0 Å². The first kappa shape index (κ1) is 17.9. The maximum Gasteiger partial charge on any atom is 0.340 e. The van der Waals surface area contributed by atoms with Gasteiger partial charge < -0.3 is 14.4 Å². The Morgan fingerprint density at radius 2 is 1.83 bits per heavy atom. The lowest BCUT2D eigenvalue weighted by Crippen LogP contribution is -2.26. The highest BCUT2D eigenvalue weighted by molar-refractivity contribution is 6.16. The smallest absolute Gasteiger partial charge is 0.340 e. The Balaban J connectivity index is 2.39. The van der Waals surface area contributed by atoms with E-state index >= 15 is 0 Å². The van der Waals surface area contributed by atoms with Crippen LogP contribution >= 0.6 is 0 Å². The molecule has 0 radical (unpaired) electrons. The van der Waals surface area contributed by atoms with Crippen LogP contribution in [0.2, 0.25) is 0 Å². The predicted molar refractivity (Wildman–Crippen MR) is 92.1 cm³/mol. The van der Waals surface area contributed by atoms with E-state index in [0.29, 0.717) is 36.4 Å². The van der Waals surface area contributed by atoms with Gasteiger partial charge in [0, 0.05) is 26.0 Å². The van der Waals surface area contributed by atoms with Crippen LogP contribution in [0.15, 0.2) is 41.1 Å². The van der Waals surface area contributed by atoms with Gasteiger partial charge in [-0.1, -0.05) is 29.8 Å². The number of methoxy groups -OCH3 is 2. The summed E-state index contributed by atoms with van der Waals surface area (Å²) < 4.78 is 9.91. The van der Waals surface area contributed by atoms with Crippen LogP contribution in [0.4, 0.5) is 0 Å². The Labute approximate surface area is 142 Å². The Bertz CT molecular complexity index is 686. The van der Waals surface area contributed by atoms with E-state index in [-0.39, 0.29) is 5.91 Å². The molecule has 1 aromatic rings. The minimum atomic E-state index is -0.492. The maximum atomic E-state index is 12.8. The van der Waals surface area contributed by atoms with E-state index < -0.39 is 5.97 Å². The monoisotopic (exact) mass is 329 g/mol. The molecule has 0 bridgehead atoms. The van der Waals surface area contributed by atoms with Crippen molar-refractivity contribution in [1.82, 2.24) is 4.90 Å². The quantitative estimate of drug-likeness (QED) is 0.457. The lowest BCUT2D eigenvalue weighted by molar-refractivity contribution is -0.136. The number of ether oxygens (including phenoxy) is 2. The van der Waals surface area contributed by atoms with Gasteiger partial charge in [-0.2, -0.15) is 0 Å². The van der Waals surface area contributed by atoms with Crippen LogP contribution in [-0.2, 0) is 19.1 Å². The lowest BCUT2D eigenvalue weighted by Gasteiger charge is -2.17. The number of nitrogens with zero attached hydrogens (tertiary/aromatic N) is 1. The van der Waals surface area contributed by atoms with E-state index in [4.69, 9.17) is 9.47 Å². The number of hydrogen-bond donors (Lipinski definition) is 0. The summed E-state index contributed by atoms with van der Waals surface area (Å²) in [5, 5.41) is 0. The third-order valence-corrected chi connectivity index (χ3v) is 4.02. The molecular formula is C19H23NO4. The summed E-state index contributed by atoms with van der Waals surface area (Å²) in [6.45, 7) is 4.83. The van der Waals surface area contributed by atoms with E-state index in [1.54, 1.807) is 25.0 Å². The van der Waals surface area contributed by atoms with Gasteiger partial charge in [-0.3, -0.25) is 4.79 Å². The Hall–Kier alpha value is -2.40. The van der Waals surface area contributed by atoms with E-state index in [9.17, 15) is 9.59 Å². The number of carbonyl (C=O) groups is 2. The lowest BCUT2D eigenvalue weighted by atomic mass is 10.0. The highest BCUT2D eigenvalue weighted by Crippen LogP contribution is 2.31. The van der Waals surface area contributed by atoms with Crippen molar-refractivity contribution in [2.24, 2.45) is 0 Å². The Kier molecular flexibility index (Phi) is 5.93. The SMILES string of the molecule is COCCCN1C(=O)C(=Cc2ccc(C)cc2)C(C(=O)OC)=C1C. The first-order valence-corrected chi connectivity index (χ1v) is 7.88. The predicted octanol–water partition coefficient (Wildman–Crippen LogP) is 2.70. The molecule has 1 amide bonds. The maximum absolute atomic E-state index is 12.8. The summed E-state index contributed by atoms with van der Waals surface area (Å²) in [6, 6.07) is 7.79. The molecule has 1 aromatic carbocycles. The number of carbonyl (C=O) groups excluding carboxylic acids is 2. The standard InChI is InChI=1S/C19H23NO4/c1-13-6-8-15(9-7-13)12-16-17(19(22)24-4)14(2)20(18(16)21)10-5-11-23-3/h6-9,12H,5,10-11H2,1-4H3. The van der Waals surface area contributed by atoms with Gasteiger partial charge in [0.05, 0.1) is 18.3 Å². The molecule has 0 spiro atoms. The van der Waals surface area contributed by atoms with E-state index in [1.165, 1.54) is 7.11 Å². The van der Waals surface area contributed by atoms with Gasteiger partial charge in [-0.25, -0.2) is 4.79 Å². The molecule has 0 aromatic heterocycles. The zero-order chi connectivity index (χ0) is 17.7. The van der Waals surface area contributed by atoms with Crippen LogP contribution in [0, 0.1) is 6.92 Å². The van der Waals surface area contributed by atoms with Gasteiger partial charge in [-0.15, -0.1) is 0 Å². The van der Waals surface area contributed by atoms with Crippen molar-refractivity contribution in [2.75, 3.05) is 27.4 Å². The molecule has 0 fully saturated rings. The van der Waals surface area contributed by atoms with Crippen LogP contribution < -0.4 is 0 Å². The van der Waals surface area contributed by atoms with Gasteiger partial charge in [-0.05, 0) is 31.9 Å². The zero-order valence-electron chi connectivity index (χ0n) is 14.6. The second-order valence-electron chi connectivity index (χ2n) is 5.72. The van der Waals surface area contributed by atoms with E-state index in [2.05, 4.69) is 0 Å². The molecule has 24 heavy (non-hydrogen) atoms. The molecular weight excluding hydrogens is 306 g/mol. The third-order valence-electron chi connectivity index (χ3n) is 4.02. The highest BCUT2D eigenvalue weighted by Gasteiger charge is 2.36. The first-order chi connectivity index (χ1) is 11.5. The number of aryl methyl sites for hydroxylation is 1. The third kappa shape index (κ3) is 3.74. The molecule has 5 heteroatoms. The summed E-state index contributed by atoms with van der Waals surface area (Å²) >= 11 is 0. The highest BCUT2D eigenvalue weighted by atomic mass is 16.5. The molecule has 1 aliphatic rings. The normalized spacial score (nSPS) is 16.2. The molecule has 0 atom stereocenters. The largest absolute Gasteiger partial charge is 0.465 e. The van der Waals surface area contributed by atoms with Crippen molar-refractivity contribution in [1.29, 1.82) is 0 Å². The summed E-state index contributed by atoms with van der Waals surface area (Å²) in [7, 11) is 2.95. The molecule has 0 saturated carbocycles. The second kappa shape index (κ2) is 7.93. The number of rotatable bonds is 6. The van der Waals surface area contributed by atoms with Crippen molar-refractivity contribution in [2.45, 2.75) is 20.3 Å². The Morgan fingerprint density at radius 1 is 1.17 bits per heavy atom. The number of esters is 1. The number of benzene rings is 1. The summed E-state index contributed by atoms with van der Waals surface area (Å²) in [5.74, 6) is -0.668. The van der Waals surface area contributed by atoms with Gasteiger partial charge in [0.15, 0.2) is 0 Å². The second-order valence-corrected chi connectivity index (χ2v) is 5.72.